The molecule has 0 saturated heterocycles. The highest BCUT2D eigenvalue weighted by atomic mass is 16.3. The molecular weight excluding hydrogens is 136 g/mol. The van der Waals surface area contributed by atoms with Gasteiger partial charge in [0.15, 0.2) is 0 Å². The molecule has 4 nitrogen and oxygen atoms in total. The van der Waals surface area contributed by atoms with Crippen molar-refractivity contribution in [3.8, 4) is 0 Å². The zero-order valence-electron chi connectivity index (χ0n) is 5.77. The van der Waals surface area contributed by atoms with Crippen molar-refractivity contribution >= 4 is 6.29 Å². The first-order valence-corrected chi connectivity index (χ1v) is 3.05. The summed E-state index contributed by atoms with van der Waals surface area (Å²) in [4.78, 5) is 9.92. The molecule has 3 atom stereocenters. The second-order valence-corrected chi connectivity index (χ2v) is 2.24. The molecule has 0 fully saturated rings. The summed E-state index contributed by atoms with van der Waals surface area (Å²) in [6.45, 7) is 1.05. The molecule has 0 aromatic heterocycles. The van der Waals surface area contributed by atoms with Crippen molar-refractivity contribution in [1.29, 1.82) is 0 Å². The van der Waals surface area contributed by atoms with Gasteiger partial charge in [-0.1, -0.05) is 6.92 Å². The molecule has 0 bridgehead atoms. The third-order valence-corrected chi connectivity index (χ3v) is 1.47. The summed E-state index contributed by atoms with van der Waals surface area (Å²) in [6.07, 6.45) is -1.88. The van der Waals surface area contributed by atoms with Gasteiger partial charge in [0.05, 0.1) is 12.7 Å². The maximum atomic E-state index is 9.92. The largest absolute Gasteiger partial charge is 0.394 e. The monoisotopic (exact) mass is 148 g/mol. The molecule has 0 aliphatic rings. The topological polar surface area (TPSA) is 77.8 Å². The van der Waals surface area contributed by atoms with Gasteiger partial charge in [-0.25, -0.2) is 0 Å². The fourth-order valence-corrected chi connectivity index (χ4v) is 0.518. The molecule has 0 rings (SSSR count). The second kappa shape index (κ2) is 4.38. The minimum Gasteiger partial charge on any atom is -0.394 e. The molecule has 0 aromatic rings. The average Bonchev–Trinajstić information content (AvgIpc) is 2.00. The van der Waals surface area contributed by atoms with E-state index in [1.165, 1.54) is 6.92 Å². The summed E-state index contributed by atoms with van der Waals surface area (Å²) in [5, 5.41) is 26.0. The van der Waals surface area contributed by atoms with Gasteiger partial charge in [0, 0.05) is 5.92 Å². The molecule has 0 aliphatic heterocycles. The van der Waals surface area contributed by atoms with E-state index in [9.17, 15) is 4.79 Å². The molecule has 0 saturated carbocycles. The number of rotatable bonds is 4. The van der Waals surface area contributed by atoms with Gasteiger partial charge in [-0.05, 0) is 0 Å². The van der Waals surface area contributed by atoms with E-state index >= 15 is 0 Å². The van der Waals surface area contributed by atoms with Gasteiger partial charge in [0.1, 0.15) is 12.4 Å². The number of aliphatic hydroxyl groups excluding tert-OH is 3. The number of aldehydes is 1. The van der Waals surface area contributed by atoms with Crippen molar-refractivity contribution in [3.63, 3.8) is 0 Å². The van der Waals surface area contributed by atoms with Crippen molar-refractivity contribution in [1.82, 2.24) is 0 Å². The molecule has 10 heavy (non-hydrogen) atoms. The standard InChI is InChI=1S/C6H12O4/c1-4(5(9)2-7)6(10)3-8/h2,4-6,8-10H,3H2,1H3/t4-,5-,6+/m0/s1. The third-order valence-electron chi connectivity index (χ3n) is 1.47. The molecule has 0 spiro atoms. The zero-order chi connectivity index (χ0) is 8.15. The van der Waals surface area contributed by atoms with E-state index < -0.39 is 24.7 Å². The first kappa shape index (κ1) is 9.55. The molecule has 0 aliphatic carbocycles. The lowest BCUT2D eigenvalue weighted by Gasteiger charge is -2.17. The highest BCUT2D eigenvalue weighted by Crippen LogP contribution is 2.05. The average molecular weight is 148 g/mol. The Morgan fingerprint density at radius 3 is 2.30 bits per heavy atom. The molecule has 0 aromatic carbocycles. The molecule has 0 radical (unpaired) electrons. The minimum absolute atomic E-state index is 0.337. The normalized spacial score (nSPS) is 19.6. The fraction of sp³-hybridized carbons (Fsp3) is 0.833. The lowest BCUT2D eigenvalue weighted by molar-refractivity contribution is -0.120. The van der Waals surface area contributed by atoms with Crippen LogP contribution >= 0.6 is 0 Å². The van der Waals surface area contributed by atoms with Gasteiger partial charge >= 0.3 is 0 Å². The molecule has 0 amide bonds. The van der Waals surface area contributed by atoms with E-state index in [2.05, 4.69) is 0 Å². The van der Waals surface area contributed by atoms with Gasteiger partial charge in [-0.3, -0.25) is 0 Å². The third kappa shape index (κ3) is 2.43. The van der Waals surface area contributed by atoms with Crippen LogP contribution in [0.15, 0.2) is 0 Å². The smallest absolute Gasteiger partial charge is 0.148 e. The van der Waals surface area contributed by atoms with E-state index in [0.29, 0.717) is 6.29 Å². The van der Waals surface area contributed by atoms with E-state index in [4.69, 9.17) is 15.3 Å². The summed E-state index contributed by atoms with van der Waals surface area (Å²) < 4.78 is 0. The van der Waals surface area contributed by atoms with Crippen molar-refractivity contribution in [2.75, 3.05) is 6.61 Å². The Morgan fingerprint density at radius 1 is 1.50 bits per heavy atom. The highest BCUT2D eigenvalue weighted by Gasteiger charge is 2.20. The predicted molar refractivity (Wildman–Crippen MR) is 34.3 cm³/mol. The van der Waals surface area contributed by atoms with E-state index in [0.717, 1.165) is 0 Å². The SMILES string of the molecule is C[C@H]([C@H](O)CO)[C@@H](O)C=O. The zero-order valence-corrected chi connectivity index (χ0v) is 5.77. The summed E-state index contributed by atoms with van der Waals surface area (Å²) >= 11 is 0. The highest BCUT2D eigenvalue weighted by molar-refractivity contribution is 5.56. The van der Waals surface area contributed by atoms with E-state index in [-0.39, 0.29) is 0 Å². The first-order valence-electron chi connectivity index (χ1n) is 3.05. The van der Waals surface area contributed by atoms with Crippen molar-refractivity contribution in [2.24, 2.45) is 5.92 Å². The van der Waals surface area contributed by atoms with Crippen LogP contribution in [0.1, 0.15) is 6.92 Å². The molecule has 4 heteroatoms. The Bertz CT molecular complexity index is 104. The molecule has 0 heterocycles. The summed E-state index contributed by atoms with van der Waals surface area (Å²) in [7, 11) is 0. The van der Waals surface area contributed by atoms with Gasteiger partial charge in [-0.2, -0.15) is 0 Å². The Hall–Kier alpha value is -0.450. The summed E-state index contributed by atoms with van der Waals surface area (Å²) in [5.74, 6) is -0.609. The first-order chi connectivity index (χ1) is 4.63. The van der Waals surface area contributed by atoms with E-state index in [1.807, 2.05) is 0 Å². The second-order valence-electron chi connectivity index (χ2n) is 2.24. The molecule has 60 valence electrons. The summed E-state index contributed by atoms with van der Waals surface area (Å²) in [6, 6.07) is 0. The van der Waals surface area contributed by atoms with Crippen LogP contribution in [0.5, 0.6) is 0 Å². The lowest BCUT2D eigenvalue weighted by atomic mass is 10.00. The van der Waals surface area contributed by atoms with Crippen LogP contribution in [-0.2, 0) is 4.79 Å². The lowest BCUT2D eigenvalue weighted by Crippen LogP contribution is -2.32. The van der Waals surface area contributed by atoms with Gasteiger partial charge in [0.25, 0.3) is 0 Å². The maximum Gasteiger partial charge on any atom is 0.148 e. The van der Waals surface area contributed by atoms with Gasteiger partial charge in [0.2, 0.25) is 0 Å². The van der Waals surface area contributed by atoms with Crippen LogP contribution in [0, 0.1) is 5.92 Å². The summed E-state index contributed by atoms with van der Waals surface area (Å²) in [5.41, 5.74) is 0. The number of carbonyl (C=O) groups excluding carboxylic acids is 1. The van der Waals surface area contributed by atoms with Crippen molar-refractivity contribution in [2.45, 2.75) is 19.1 Å². The van der Waals surface area contributed by atoms with Crippen molar-refractivity contribution in [3.05, 3.63) is 0 Å². The van der Waals surface area contributed by atoms with E-state index in [1.54, 1.807) is 0 Å². The van der Waals surface area contributed by atoms with Crippen LogP contribution in [0.25, 0.3) is 0 Å². The fourth-order valence-electron chi connectivity index (χ4n) is 0.518. The van der Waals surface area contributed by atoms with Crippen molar-refractivity contribution < 1.29 is 20.1 Å². The number of aliphatic hydroxyl groups is 3. The molecule has 3 N–H and O–H groups in total. The maximum absolute atomic E-state index is 9.92. The molecular formula is C6H12O4. The Morgan fingerprint density at radius 2 is 2.00 bits per heavy atom. The predicted octanol–water partition coefficient (Wildman–Crippen LogP) is -1.46. The number of carbonyl (C=O) groups is 1. The van der Waals surface area contributed by atoms with Gasteiger partial charge in [-0.15, -0.1) is 0 Å². The van der Waals surface area contributed by atoms with Crippen LogP contribution in [0.2, 0.25) is 0 Å². The molecule has 0 unspecified atom stereocenters. The van der Waals surface area contributed by atoms with Crippen LogP contribution < -0.4 is 0 Å². The van der Waals surface area contributed by atoms with Gasteiger partial charge < -0.3 is 20.1 Å². The van der Waals surface area contributed by atoms with Crippen LogP contribution in [-0.4, -0.2) is 40.4 Å². The minimum atomic E-state index is -1.19. The quantitative estimate of drug-likeness (QED) is 0.425. The Kier molecular flexibility index (Phi) is 4.18. The van der Waals surface area contributed by atoms with Crippen LogP contribution in [0.4, 0.5) is 0 Å². The van der Waals surface area contributed by atoms with Crippen LogP contribution in [0.3, 0.4) is 0 Å². The number of hydrogen-bond acceptors (Lipinski definition) is 4. The Balaban J connectivity index is 3.80. The Labute approximate surface area is 59.1 Å². The number of hydrogen-bond donors (Lipinski definition) is 3.